The number of hydrogen-bond donors (Lipinski definition) is 3. The highest BCUT2D eigenvalue weighted by Crippen LogP contribution is 2.41. The molecule has 5 heterocycles. The van der Waals surface area contributed by atoms with Crippen LogP contribution >= 0.6 is 22.7 Å². The van der Waals surface area contributed by atoms with Gasteiger partial charge in [0.2, 0.25) is 11.8 Å². The third-order valence-corrected chi connectivity index (χ3v) is 16.7. The van der Waals surface area contributed by atoms with Crippen LogP contribution in [0.2, 0.25) is 0 Å². The number of amides is 2. The van der Waals surface area contributed by atoms with Gasteiger partial charge >= 0.3 is 5.97 Å². The minimum Gasteiger partial charge on any atom is -0.469 e. The molecule has 2 unspecified atom stereocenters. The molecule has 3 aliphatic rings. The van der Waals surface area contributed by atoms with Crippen LogP contribution in [-0.4, -0.2) is 91.4 Å². The molecule has 0 spiro atoms. The van der Waals surface area contributed by atoms with Gasteiger partial charge in [-0.25, -0.2) is 4.98 Å². The van der Waals surface area contributed by atoms with E-state index in [4.69, 9.17) is 9.73 Å². The van der Waals surface area contributed by atoms with Crippen LogP contribution in [0.3, 0.4) is 0 Å². The summed E-state index contributed by atoms with van der Waals surface area (Å²) in [5, 5.41) is 26.9. The lowest BCUT2D eigenvalue weighted by Crippen LogP contribution is -2.54. The average Bonchev–Trinajstić information content (AvgIpc) is 4.12. The van der Waals surface area contributed by atoms with Crippen molar-refractivity contribution in [2.24, 2.45) is 22.2 Å². The fraction of sp³-hybridized carbons (Fsp3) is 0.418. The minimum atomic E-state index is -0.863. The number of rotatable bonds is 13. The van der Waals surface area contributed by atoms with Crippen molar-refractivity contribution in [2.45, 2.75) is 112 Å². The predicted octanol–water partition coefficient (Wildman–Crippen LogP) is 8.53. The number of nitrogens with zero attached hydrogens (tertiary/aromatic N) is 6. The second-order valence-corrected chi connectivity index (χ2v) is 22.4. The molecule has 370 valence electrons. The van der Waals surface area contributed by atoms with Crippen molar-refractivity contribution in [1.29, 1.82) is 0 Å². The van der Waals surface area contributed by atoms with Crippen molar-refractivity contribution in [2.75, 3.05) is 20.2 Å². The normalized spacial score (nSPS) is 19.7. The van der Waals surface area contributed by atoms with Crippen molar-refractivity contribution in [1.82, 2.24) is 35.3 Å². The van der Waals surface area contributed by atoms with Crippen molar-refractivity contribution in [3.8, 4) is 26.6 Å². The third-order valence-electron chi connectivity index (χ3n) is 14.5. The molecule has 1 aliphatic carbocycles. The molecule has 2 aliphatic heterocycles. The fourth-order valence-electron chi connectivity index (χ4n) is 10.5. The van der Waals surface area contributed by atoms with Gasteiger partial charge in [0.25, 0.3) is 0 Å². The van der Waals surface area contributed by atoms with Gasteiger partial charge in [-0.05, 0) is 98.2 Å². The van der Waals surface area contributed by atoms with E-state index in [1.165, 1.54) is 17.6 Å². The summed E-state index contributed by atoms with van der Waals surface area (Å²) in [5.74, 6) is -1.28. The molecule has 0 radical (unpaired) electrons. The Balaban J connectivity index is 0.868. The first-order valence-electron chi connectivity index (χ1n) is 24.3. The number of aromatic nitrogens is 4. The Morgan fingerprint density at radius 1 is 0.901 bits per heavy atom. The Hall–Kier alpha value is -6.20. The number of aliphatic imine (C=N–C) groups is 1. The number of ketones is 1. The number of aliphatic hydroxyl groups excluding tert-OH is 1. The van der Waals surface area contributed by atoms with Gasteiger partial charge in [-0.15, -0.1) is 32.9 Å². The lowest BCUT2D eigenvalue weighted by molar-refractivity contribution is -0.141. The standard InChI is InChI=1S/C55H62N8O6S2/c1-29-32(4)71-54-47(29)48(58-44(25-46(66)69-9)52-61-60-33(5)63(52)54)36-17-15-35(16-18-36)40-12-10-11-38-26-62(22-21-41(38)40)27-45(65)59-51(55(6,7)8)49(67)42-23-39(64)24-43(42)53(68)57-30(2)34-13-19-37(20-14-34)50-31(3)56-28-70-50/h10-20,28,30,39,42-44,51,64H,21-27H2,1-9H3,(H,57,68)(H,59,65)/t30-,39-,42?,43?,44-,51+/m0/s1. The zero-order valence-corrected chi connectivity index (χ0v) is 43.5. The number of thiophene rings is 1. The van der Waals surface area contributed by atoms with E-state index in [9.17, 15) is 24.3 Å². The summed E-state index contributed by atoms with van der Waals surface area (Å²) < 4.78 is 7.10. The van der Waals surface area contributed by atoms with Crippen LogP contribution in [-0.2, 0) is 36.9 Å². The number of ether oxygens (including phenoxy) is 1. The summed E-state index contributed by atoms with van der Waals surface area (Å²) >= 11 is 3.25. The number of Topliss-reactive ketones (excluding diaryl/α,β-unsaturated/α-hetero) is 1. The molecule has 6 atom stereocenters. The minimum absolute atomic E-state index is 0.0332. The largest absolute Gasteiger partial charge is 0.469 e. The number of aliphatic hydroxyl groups is 1. The van der Waals surface area contributed by atoms with E-state index >= 15 is 0 Å². The van der Waals surface area contributed by atoms with Gasteiger partial charge in [0.1, 0.15) is 16.9 Å². The van der Waals surface area contributed by atoms with Crippen LogP contribution in [0, 0.1) is 44.9 Å². The first-order valence-corrected chi connectivity index (χ1v) is 26.0. The number of fused-ring (bicyclic) bond motifs is 4. The highest BCUT2D eigenvalue weighted by Gasteiger charge is 2.47. The molecule has 1 fully saturated rings. The lowest BCUT2D eigenvalue weighted by atomic mass is 9.77. The van der Waals surface area contributed by atoms with Crippen molar-refractivity contribution >= 4 is 52.0 Å². The van der Waals surface area contributed by atoms with Crippen LogP contribution in [0.1, 0.15) is 115 Å². The lowest BCUT2D eigenvalue weighted by Gasteiger charge is -2.35. The zero-order valence-electron chi connectivity index (χ0n) is 41.8. The molecule has 3 aromatic heterocycles. The maximum Gasteiger partial charge on any atom is 0.308 e. The smallest absolute Gasteiger partial charge is 0.308 e. The number of nitrogens with one attached hydrogen (secondary N) is 2. The molecule has 2 amide bonds. The third kappa shape index (κ3) is 10.0. The van der Waals surface area contributed by atoms with E-state index in [2.05, 4.69) is 87.0 Å². The van der Waals surface area contributed by atoms with Crippen LogP contribution in [0.15, 0.2) is 77.2 Å². The molecule has 1 saturated carbocycles. The molecule has 3 N–H and O–H groups in total. The Morgan fingerprint density at radius 2 is 1.61 bits per heavy atom. The second kappa shape index (κ2) is 20.1. The molecule has 16 heteroatoms. The average molecular weight is 995 g/mol. The van der Waals surface area contributed by atoms with E-state index < -0.39 is 35.4 Å². The second-order valence-electron chi connectivity index (χ2n) is 20.4. The summed E-state index contributed by atoms with van der Waals surface area (Å²) in [6.07, 6.45) is 0.300. The van der Waals surface area contributed by atoms with Gasteiger partial charge in [-0.3, -0.25) is 33.6 Å². The highest BCUT2D eigenvalue weighted by molar-refractivity contribution is 7.15. The van der Waals surface area contributed by atoms with Crippen LogP contribution in [0.4, 0.5) is 0 Å². The fourth-order valence-corrected chi connectivity index (χ4v) is 12.5. The van der Waals surface area contributed by atoms with E-state index in [0.717, 1.165) is 78.0 Å². The number of carbonyl (C=O) groups excluding carboxylic acids is 4. The molecule has 6 aromatic rings. The van der Waals surface area contributed by atoms with E-state index in [1.807, 2.05) is 75.9 Å². The van der Waals surface area contributed by atoms with E-state index in [0.29, 0.717) is 18.9 Å². The summed E-state index contributed by atoms with van der Waals surface area (Å²) in [7, 11) is 1.38. The first-order chi connectivity index (χ1) is 33.9. The number of methoxy groups -OCH3 is 1. The molecule has 14 nitrogen and oxygen atoms in total. The number of hydrogen-bond acceptors (Lipinski definition) is 13. The first kappa shape index (κ1) is 49.8. The maximum atomic E-state index is 14.5. The number of aryl methyl sites for hydroxylation is 3. The number of benzene rings is 3. The van der Waals surface area contributed by atoms with Gasteiger partial charge in [-0.1, -0.05) is 87.5 Å². The van der Waals surface area contributed by atoms with Crippen LogP contribution in [0.5, 0.6) is 0 Å². The van der Waals surface area contributed by atoms with Gasteiger partial charge in [-0.2, -0.15) is 0 Å². The molecular weight excluding hydrogens is 933 g/mol. The molecule has 9 rings (SSSR count). The van der Waals surface area contributed by atoms with Gasteiger partial charge in [0.15, 0.2) is 11.6 Å². The Kier molecular flexibility index (Phi) is 14.1. The number of thiazole rings is 1. The van der Waals surface area contributed by atoms with Crippen molar-refractivity contribution in [3.63, 3.8) is 0 Å². The number of carbonyl (C=O) groups is 4. The molecule has 71 heavy (non-hydrogen) atoms. The maximum absolute atomic E-state index is 14.5. The Morgan fingerprint density at radius 3 is 2.30 bits per heavy atom. The quantitative estimate of drug-likeness (QED) is 0.0950. The van der Waals surface area contributed by atoms with Crippen LogP contribution < -0.4 is 10.6 Å². The number of esters is 1. The molecule has 3 aromatic carbocycles. The summed E-state index contributed by atoms with van der Waals surface area (Å²) in [6.45, 7) is 17.1. The van der Waals surface area contributed by atoms with Crippen LogP contribution in [0.25, 0.3) is 26.6 Å². The van der Waals surface area contributed by atoms with Gasteiger partial charge in [0.05, 0.1) is 66.0 Å². The Labute approximate surface area is 423 Å². The topological polar surface area (TPSA) is 181 Å². The van der Waals surface area contributed by atoms with Crippen molar-refractivity contribution in [3.05, 3.63) is 128 Å². The predicted molar refractivity (Wildman–Crippen MR) is 277 cm³/mol. The highest BCUT2D eigenvalue weighted by atomic mass is 32.1. The van der Waals surface area contributed by atoms with Gasteiger partial charge in [0, 0.05) is 35.0 Å². The van der Waals surface area contributed by atoms with E-state index in [1.54, 1.807) is 22.7 Å². The Bertz CT molecular complexity index is 3040. The summed E-state index contributed by atoms with van der Waals surface area (Å²) in [4.78, 5) is 69.0. The SMILES string of the molecule is COC(=O)C[C@@H]1N=C(c2ccc(-c3cccc4c3CCN(CC(=O)N[C@H](C(=O)C3C[C@H](O)CC3C(=O)N[C@@H](C)c3ccc(-c5scnc5C)cc3)C(C)(C)C)C4)cc2)c2c(sc(C)c2C)-n2c(C)nnc21. The molecule has 0 bridgehead atoms. The summed E-state index contributed by atoms with van der Waals surface area (Å²) in [6, 6.07) is 21.0. The van der Waals surface area contributed by atoms with E-state index in [-0.39, 0.29) is 55.4 Å². The van der Waals surface area contributed by atoms with Gasteiger partial charge < -0.3 is 20.5 Å². The zero-order chi connectivity index (χ0) is 50.5. The molecule has 0 saturated heterocycles. The monoisotopic (exact) mass is 994 g/mol. The van der Waals surface area contributed by atoms with Crippen molar-refractivity contribution < 1.29 is 29.0 Å². The molecular formula is C55H62N8O6S2. The summed E-state index contributed by atoms with van der Waals surface area (Å²) in [5.41, 5.74) is 12.5.